The van der Waals surface area contributed by atoms with Gasteiger partial charge >= 0.3 is 0 Å². The molecule has 0 fully saturated rings. The SMILES string of the molecule is COc1cc([C@H]2c3cc4c(cc3O[C@H](NN)[C@@H]2C)OCO4)cc(OC)c1O. The highest BCUT2D eigenvalue weighted by atomic mass is 16.7. The molecule has 2 aromatic rings. The number of methoxy groups -OCH3 is 2. The molecule has 2 aliphatic rings. The minimum absolute atomic E-state index is 0.0261. The van der Waals surface area contributed by atoms with Crippen molar-refractivity contribution in [2.75, 3.05) is 21.0 Å². The van der Waals surface area contributed by atoms with E-state index in [4.69, 9.17) is 29.5 Å². The van der Waals surface area contributed by atoms with Crippen LogP contribution in [-0.4, -0.2) is 32.3 Å². The minimum Gasteiger partial charge on any atom is -0.502 e. The number of phenolic OH excluding ortho intramolecular Hbond substituents is 1. The number of hydrazine groups is 1. The molecule has 8 heteroatoms. The third-order valence-electron chi connectivity index (χ3n) is 5.12. The van der Waals surface area contributed by atoms with Gasteiger partial charge < -0.3 is 28.8 Å². The summed E-state index contributed by atoms with van der Waals surface area (Å²) in [5, 5.41) is 10.3. The number of aromatic hydroxyl groups is 1. The van der Waals surface area contributed by atoms with Crippen LogP contribution in [-0.2, 0) is 0 Å². The molecule has 0 aromatic heterocycles. The number of ether oxygens (including phenoxy) is 5. The number of phenols is 1. The van der Waals surface area contributed by atoms with Crippen molar-refractivity contribution in [2.24, 2.45) is 11.8 Å². The monoisotopic (exact) mass is 374 g/mol. The van der Waals surface area contributed by atoms with Crippen molar-refractivity contribution in [3.05, 3.63) is 35.4 Å². The maximum Gasteiger partial charge on any atom is 0.231 e. The summed E-state index contributed by atoms with van der Waals surface area (Å²) in [5.41, 5.74) is 4.56. The summed E-state index contributed by atoms with van der Waals surface area (Å²) >= 11 is 0. The Morgan fingerprint density at radius 1 is 1.04 bits per heavy atom. The van der Waals surface area contributed by atoms with Gasteiger partial charge in [0.1, 0.15) is 5.75 Å². The zero-order valence-electron chi connectivity index (χ0n) is 15.3. The van der Waals surface area contributed by atoms with Crippen LogP contribution in [0.5, 0.6) is 34.5 Å². The second-order valence-electron chi connectivity index (χ2n) is 6.56. The van der Waals surface area contributed by atoms with Crippen LogP contribution in [0.1, 0.15) is 24.0 Å². The Morgan fingerprint density at radius 3 is 2.26 bits per heavy atom. The van der Waals surface area contributed by atoms with Crippen LogP contribution in [0.15, 0.2) is 24.3 Å². The Labute approximate surface area is 156 Å². The Kier molecular flexibility index (Phi) is 4.37. The fourth-order valence-corrected chi connectivity index (χ4v) is 3.75. The van der Waals surface area contributed by atoms with Crippen LogP contribution in [0.2, 0.25) is 0 Å². The normalized spacial score (nSPS) is 22.7. The van der Waals surface area contributed by atoms with Gasteiger partial charge in [-0.05, 0) is 23.8 Å². The topological polar surface area (TPSA) is 104 Å². The summed E-state index contributed by atoms with van der Waals surface area (Å²) in [6, 6.07) is 7.34. The number of hydrogen-bond donors (Lipinski definition) is 3. The number of fused-ring (bicyclic) bond motifs is 2. The summed E-state index contributed by atoms with van der Waals surface area (Å²) < 4.78 is 27.7. The molecule has 0 spiro atoms. The van der Waals surface area contributed by atoms with Crippen LogP contribution in [0, 0.1) is 5.92 Å². The molecule has 0 radical (unpaired) electrons. The first-order chi connectivity index (χ1) is 13.1. The molecule has 4 rings (SSSR count). The van der Waals surface area contributed by atoms with Gasteiger partial charge in [0.25, 0.3) is 0 Å². The molecule has 0 saturated heterocycles. The van der Waals surface area contributed by atoms with Crippen LogP contribution >= 0.6 is 0 Å². The van der Waals surface area contributed by atoms with E-state index >= 15 is 0 Å². The van der Waals surface area contributed by atoms with Crippen LogP contribution in [0.4, 0.5) is 0 Å². The molecular formula is C19H22N2O6. The van der Waals surface area contributed by atoms with E-state index in [0.29, 0.717) is 28.7 Å². The highest BCUT2D eigenvalue weighted by molar-refractivity contribution is 5.59. The van der Waals surface area contributed by atoms with E-state index in [9.17, 15) is 5.11 Å². The summed E-state index contributed by atoms with van der Waals surface area (Å²) in [7, 11) is 3.00. The van der Waals surface area contributed by atoms with Crippen LogP contribution in [0.3, 0.4) is 0 Å². The van der Waals surface area contributed by atoms with Crippen molar-refractivity contribution in [3.63, 3.8) is 0 Å². The predicted molar refractivity (Wildman–Crippen MR) is 96.5 cm³/mol. The average Bonchev–Trinajstić information content (AvgIpc) is 3.13. The Hall–Kier alpha value is -2.84. The molecule has 0 saturated carbocycles. The number of hydrogen-bond acceptors (Lipinski definition) is 8. The van der Waals surface area contributed by atoms with E-state index in [-0.39, 0.29) is 24.4 Å². The molecule has 2 heterocycles. The largest absolute Gasteiger partial charge is 0.502 e. The molecule has 2 aliphatic heterocycles. The number of nitrogens with one attached hydrogen (secondary N) is 1. The van der Waals surface area contributed by atoms with Gasteiger partial charge in [-0.3, -0.25) is 5.84 Å². The second-order valence-corrected chi connectivity index (χ2v) is 6.56. The first-order valence-corrected chi connectivity index (χ1v) is 8.58. The minimum atomic E-state index is -0.409. The number of rotatable bonds is 4. The molecule has 8 nitrogen and oxygen atoms in total. The van der Waals surface area contributed by atoms with E-state index in [1.807, 2.05) is 19.1 Å². The Morgan fingerprint density at radius 2 is 1.67 bits per heavy atom. The molecular weight excluding hydrogens is 352 g/mol. The first-order valence-electron chi connectivity index (χ1n) is 8.58. The highest BCUT2D eigenvalue weighted by Gasteiger charge is 2.38. The van der Waals surface area contributed by atoms with Crippen molar-refractivity contribution in [3.8, 4) is 34.5 Å². The van der Waals surface area contributed by atoms with E-state index in [0.717, 1.165) is 11.1 Å². The molecule has 0 aliphatic carbocycles. The molecule has 27 heavy (non-hydrogen) atoms. The summed E-state index contributed by atoms with van der Waals surface area (Å²) in [6.07, 6.45) is -0.409. The molecule has 0 unspecified atom stereocenters. The molecule has 144 valence electrons. The maximum atomic E-state index is 10.3. The zero-order chi connectivity index (χ0) is 19.1. The maximum absolute atomic E-state index is 10.3. The summed E-state index contributed by atoms with van der Waals surface area (Å²) in [6.45, 7) is 2.21. The van der Waals surface area contributed by atoms with Crippen molar-refractivity contribution >= 4 is 0 Å². The van der Waals surface area contributed by atoms with Gasteiger partial charge in [0.05, 0.1) is 14.2 Å². The molecule has 2 aromatic carbocycles. The zero-order valence-corrected chi connectivity index (χ0v) is 15.3. The van der Waals surface area contributed by atoms with Crippen LogP contribution in [0.25, 0.3) is 0 Å². The van der Waals surface area contributed by atoms with Gasteiger partial charge in [-0.15, -0.1) is 0 Å². The van der Waals surface area contributed by atoms with Gasteiger partial charge in [0, 0.05) is 23.5 Å². The van der Waals surface area contributed by atoms with Gasteiger partial charge in [-0.1, -0.05) is 6.92 Å². The molecule has 0 bridgehead atoms. The van der Waals surface area contributed by atoms with Gasteiger partial charge in [0.2, 0.25) is 12.5 Å². The number of nitrogens with two attached hydrogens (primary N) is 1. The smallest absolute Gasteiger partial charge is 0.231 e. The highest BCUT2D eigenvalue weighted by Crippen LogP contribution is 2.50. The van der Waals surface area contributed by atoms with Gasteiger partial charge in [0.15, 0.2) is 29.2 Å². The van der Waals surface area contributed by atoms with Gasteiger partial charge in [-0.25, -0.2) is 5.43 Å². The lowest BCUT2D eigenvalue weighted by atomic mass is 9.78. The van der Waals surface area contributed by atoms with Crippen LogP contribution < -0.4 is 35.0 Å². The fourth-order valence-electron chi connectivity index (χ4n) is 3.75. The summed E-state index contributed by atoms with van der Waals surface area (Å²) in [5.74, 6) is 8.20. The van der Waals surface area contributed by atoms with Crippen molar-refractivity contribution in [1.29, 1.82) is 0 Å². The third-order valence-corrected chi connectivity index (χ3v) is 5.12. The van der Waals surface area contributed by atoms with Gasteiger partial charge in [-0.2, -0.15) is 0 Å². The van der Waals surface area contributed by atoms with E-state index in [1.165, 1.54) is 14.2 Å². The Bertz CT molecular complexity index is 847. The fraction of sp³-hybridized carbons (Fsp3) is 0.368. The van der Waals surface area contributed by atoms with E-state index in [1.54, 1.807) is 12.1 Å². The standard InChI is InChI=1S/C19H22N2O6/c1-9-17(10-4-15(23-2)18(22)16(5-10)24-3)11-6-13-14(26-8-25-13)7-12(11)27-19(9)21-20/h4-7,9,17,19,21-22H,8,20H2,1-3H3/t9-,17+,19+/m1/s1. The second kappa shape index (κ2) is 6.71. The average molecular weight is 374 g/mol. The van der Waals surface area contributed by atoms with Crippen molar-refractivity contribution < 1.29 is 28.8 Å². The van der Waals surface area contributed by atoms with E-state index < -0.39 is 6.23 Å². The molecule has 3 atom stereocenters. The first kappa shape index (κ1) is 17.6. The lowest BCUT2D eigenvalue weighted by molar-refractivity contribution is 0.0795. The molecule has 0 amide bonds. The third kappa shape index (κ3) is 2.77. The summed E-state index contributed by atoms with van der Waals surface area (Å²) in [4.78, 5) is 0. The van der Waals surface area contributed by atoms with Crippen molar-refractivity contribution in [1.82, 2.24) is 5.43 Å². The lowest BCUT2D eigenvalue weighted by Gasteiger charge is -2.38. The molecule has 4 N–H and O–H groups in total. The number of benzene rings is 2. The Balaban J connectivity index is 1.89. The lowest BCUT2D eigenvalue weighted by Crippen LogP contribution is -2.48. The predicted octanol–water partition coefficient (Wildman–Crippen LogP) is 2.09. The quantitative estimate of drug-likeness (QED) is 0.552. The van der Waals surface area contributed by atoms with Crippen molar-refractivity contribution in [2.45, 2.75) is 19.1 Å². The van der Waals surface area contributed by atoms with E-state index in [2.05, 4.69) is 5.43 Å².